The molecule has 2 heterocycles. The van der Waals surface area contributed by atoms with Gasteiger partial charge in [-0.1, -0.05) is 50.2 Å². The van der Waals surface area contributed by atoms with Gasteiger partial charge in [-0.25, -0.2) is 13.9 Å². The summed E-state index contributed by atoms with van der Waals surface area (Å²) in [5.41, 5.74) is 5.93. The van der Waals surface area contributed by atoms with Crippen LogP contribution in [0.2, 0.25) is 0 Å². The van der Waals surface area contributed by atoms with Gasteiger partial charge in [-0.15, -0.1) is 0 Å². The van der Waals surface area contributed by atoms with E-state index >= 15 is 0 Å². The van der Waals surface area contributed by atoms with E-state index < -0.39 is 0 Å². The number of hydrogen-bond donors (Lipinski definition) is 0. The third kappa shape index (κ3) is 3.92. The van der Waals surface area contributed by atoms with Crippen LogP contribution < -0.4 is 4.90 Å². The molecule has 2 aromatic heterocycles. The smallest absolute Gasteiger partial charge is 0.177 e. The van der Waals surface area contributed by atoms with Crippen molar-refractivity contribution < 1.29 is 4.39 Å². The maximum Gasteiger partial charge on any atom is 0.177 e. The number of rotatable bonds is 6. The zero-order valence-electron chi connectivity index (χ0n) is 17.8. The lowest BCUT2D eigenvalue weighted by Gasteiger charge is -2.27. The molecule has 31 heavy (non-hydrogen) atoms. The van der Waals surface area contributed by atoms with E-state index in [1.807, 2.05) is 41.0 Å². The first-order valence-corrected chi connectivity index (χ1v) is 10.8. The van der Waals surface area contributed by atoms with E-state index in [2.05, 4.69) is 24.8 Å². The number of nitrogens with zero attached hydrogens (tertiary/aromatic N) is 4. The highest BCUT2D eigenvalue weighted by Gasteiger charge is 2.32. The molecule has 156 valence electrons. The lowest BCUT2D eigenvalue weighted by Crippen LogP contribution is -2.30. The van der Waals surface area contributed by atoms with Crippen LogP contribution in [0.25, 0.3) is 28.2 Å². The van der Waals surface area contributed by atoms with Crippen LogP contribution in [0.15, 0.2) is 60.8 Å². The summed E-state index contributed by atoms with van der Waals surface area (Å²) < 4.78 is 15.9. The van der Waals surface area contributed by atoms with Crippen molar-refractivity contribution >= 4 is 11.3 Å². The number of hydrogen-bond acceptors (Lipinski definition) is 3. The maximum atomic E-state index is 14.0. The van der Waals surface area contributed by atoms with Crippen molar-refractivity contribution in [1.82, 2.24) is 14.6 Å². The van der Waals surface area contributed by atoms with E-state index in [1.165, 1.54) is 25.0 Å². The zero-order chi connectivity index (χ0) is 21.5. The fourth-order valence-electron chi connectivity index (χ4n) is 4.03. The Bertz CT molecular complexity index is 1220. The summed E-state index contributed by atoms with van der Waals surface area (Å²) >= 11 is 0. The van der Waals surface area contributed by atoms with E-state index in [-0.39, 0.29) is 5.82 Å². The predicted molar refractivity (Wildman–Crippen MR) is 122 cm³/mol. The van der Waals surface area contributed by atoms with Crippen LogP contribution >= 0.6 is 0 Å². The van der Waals surface area contributed by atoms with E-state index in [0.29, 0.717) is 17.5 Å². The molecule has 1 aliphatic carbocycles. The van der Waals surface area contributed by atoms with Gasteiger partial charge in [-0.3, -0.25) is 0 Å². The second kappa shape index (κ2) is 7.80. The molecule has 0 bridgehead atoms. The standard InChI is InChI=1S/C26H25FN4/c1-17(2)16-30(22-11-12-22)24-14-23(20-5-4-6-21(27)13-20)29-31-25(15-28-26(24)31)19-9-7-18(3)8-10-19/h3-10,13-15,17,22H,11-12,16H2,1-2H3. The average molecular weight is 413 g/mol. The Balaban J connectivity index is 1.73. The minimum atomic E-state index is -0.272. The number of anilines is 1. The van der Waals surface area contributed by atoms with E-state index in [1.54, 1.807) is 6.07 Å². The molecular formula is C26H25FN4. The Labute approximate surface area is 182 Å². The van der Waals surface area contributed by atoms with Crippen LogP contribution in [0, 0.1) is 18.7 Å². The van der Waals surface area contributed by atoms with Crippen LogP contribution in [-0.2, 0) is 0 Å². The first-order valence-electron chi connectivity index (χ1n) is 10.8. The zero-order valence-corrected chi connectivity index (χ0v) is 17.8. The molecular weight excluding hydrogens is 387 g/mol. The molecule has 0 spiro atoms. The summed E-state index contributed by atoms with van der Waals surface area (Å²) in [6.07, 6.45) is 4.22. The van der Waals surface area contributed by atoms with Crippen molar-refractivity contribution in [3.63, 3.8) is 0 Å². The number of aromatic nitrogens is 3. The average Bonchev–Trinajstić information content (AvgIpc) is 3.51. The maximum absolute atomic E-state index is 14.0. The van der Waals surface area contributed by atoms with Crippen LogP contribution in [-0.4, -0.2) is 27.2 Å². The molecule has 0 atom stereocenters. The van der Waals surface area contributed by atoms with Gasteiger partial charge in [0.15, 0.2) is 5.65 Å². The molecule has 0 aliphatic heterocycles. The van der Waals surface area contributed by atoms with Gasteiger partial charge in [0, 0.05) is 23.7 Å². The van der Waals surface area contributed by atoms with Crippen molar-refractivity contribution in [1.29, 1.82) is 0 Å². The Kier molecular flexibility index (Phi) is 4.97. The molecule has 2 radical (unpaired) electrons. The number of benzene rings is 2. The van der Waals surface area contributed by atoms with Crippen molar-refractivity contribution in [2.75, 3.05) is 11.4 Å². The summed E-state index contributed by atoms with van der Waals surface area (Å²) in [7, 11) is 0. The molecule has 0 amide bonds. The van der Waals surface area contributed by atoms with Crippen LogP contribution in [0.4, 0.5) is 10.1 Å². The molecule has 2 aromatic carbocycles. The van der Waals surface area contributed by atoms with Crippen LogP contribution in [0.3, 0.4) is 0 Å². The number of fused-ring (bicyclic) bond motifs is 1. The van der Waals surface area contributed by atoms with Gasteiger partial charge >= 0.3 is 0 Å². The largest absolute Gasteiger partial charge is 0.365 e. The van der Waals surface area contributed by atoms with Crippen molar-refractivity contribution in [2.45, 2.75) is 32.7 Å². The third-order valence-electron chi connectivity index (χ3n) is 5.63. The summed E-state index contributed by atoms with van der Waals surface area (Å²) in [6, 6.07) is 16.9. The quantitative estimate of drug-likeness (QED) is 0.396. The van der Waals surface area contributed by atoms with E-state index in [4.69, 9.17) is 17.0 Å². The minimum absolute atomic E-state index is 0.272. The minimum Gasteiger partial charge on any atom is -0.365 e. The molecule has 4 nitrogen and oxygen atoms in total. The van der Waals surface area contributed by atoms with Crippen molar-refractivity contribution in [2.24, 2.45) is 5.92 Å². The molecule has 0 unspecified atom stereocenters. The SMILES string of the molecule is [CH]c1ccc(-c2cnc3c(N(CC(C)C)C4CC4)cc(-c4cccc(F)c4)nn23)cc1. The lowest BCUT2D eigenvalue weighted by molar-refractivity contribution is 0.607. The van der Waals surface area contributed by atoms with Crippen molar-refractivity contribution in [3.05, 3.63) is 79.1 Å². The molecule has 1 saturated carbocycles. The normalized spacial score (nSPS) is 13.8. The molecule has 5 rings (SSSR count). The Morgan fingerprint density at radius 2 is 1.87 bits per heavy atom. The summed E-state index contributed by atoms with van der Waals surface area (Å²) in [5, 5.41) is 4.88. The monoisotopic (exact) mass is 412 g/mol. The molecule has 1 aliphatic rings. The van der Waals surface area contributed by atoms with Gasteiger partial charge in [0.25, 0.3) is 0 Å². The Hall–Kier alpha value is -3.21. The molecule has 4 aromatic rings. The number of imidazole rings is 1. The topological polar surface area (TPSA) is 33.4 Å². The highest BCUT2D eigenvalue weighted by molar-refractivity contribution is 5.78. The molecule has 5 heteroatoms. The fraction of sp³-hybridized carbons (Fsp3) is 0.269. The van der Waals surface area contributed by atoms with Gasteiger partial charge in [-0.2, -0.15) is 5.10 Å². The number of halogens is 1. The van der Waals surface area contributed by atoms with Crippen molar-refractivity contribution in [3.8, 4) is 22.5 Å². The summed E-state index contributed by atoms with van der Waals surface area (Å²) in [5.74, 6) is 0.240. The highest BCUT2D eigenvalue weighted by Crippen LogP contribution is 2.37. The second-order valence-corrected chi connectivity index (χ2v) is 8.70. The summed E-state index contributed by atoms with van der Waals surface area (Å²) in [6.45, 7) is 11.3. The van der Waals surface area contributed by atoms with E-state index in [0.717, 1.165) is 40.4 Å². The highest BCUT2D eigenvalue weighted by atomic mass is 19.1. The third-order valence-corrected chi connectivity index (χ3v) is 5.63. The fourth-order valence-corrected chi connectivity index (χ4v) is 4.03. The molecule has 0 saturated heterocycles. The molecule has 1 fully saturated rings. The lowest BCUT2D eigenvalue weighted by atomic mass is 10.1. The Morgan fingerprint density at radius 1 is 1.10 bits per heavy atom. The Morgan fingerprint density at radius 3 is 2.55 bits per heavy atom. The first kappa shape index (κ1) is 19.7. The first-order chi connectivity index (χ1) is 15.0. The summed E-state index contributed by atoms with van der Waals surface area (Å²) in [4.78, 5) is 7.21. The predicted octanol–water partition coefficient (Wildman–Crippen LogP) is 5.89. The molecule has 0 N–H and O–H groups in total. The van der Waals surface area contributed by atoms with Gasteiger partial charge in [-0.05, 0) is 49.4 Å². The van der Waals surface area contributed by atoms with Gasteiger partial charge in [0.1, 0.15) is 5.82 Å². The van der Waals surface area contributed by atoms with E-state index in [9.17, 15) is 4.39 Å². The second-order valence-electron chi connectivity index (χ2n) is 8.70. The van der Waals surface area contributed by atoms with Gasteiger partial charge < -0.3 is 4.90 Å². The van der Waals surface area contributed by atoms with Gasteiger partial charge in [0.2, 0.25) is 0 Å². The van der Waals surface area contributed by atoms with Crippen LogP contribution in [0.1, 0.15) is 32.3 Å². The van der Waals surface area contributed by atoms with Crippen LogP contribution in [0.5, 0.6) is 0 Å². The van der Waals surface area contributed by atoms with Gasteiger partial charge in [0.05, 0.1) is 23.3 Å².